The van der Waals surface area contributed by atoms with Crippen LogP contribution in [0.4, 0.5) is 5.82 Å². The second-order valence-corrected chi connectivity index (χ2v) is 7.11. The smallest absolute Gasteiger partial charge is 0.232 e. The Bertz CT molecular complexity index is 554. The molecule has 1 atom stereocenters. The molecule has 2 rings (SSSR count). The summed E-state index contributed by atoms with van der Waals surface area (Å²) in [4.78, 5) is 13.5. The number of hydrogen-bond donors (Lipinski definition) is 0. The SMILES string of the molecule is CCn1nccc1N1CC(CS(=O)(=O)Cl)CC1=O. The van der Waals surface area contributed by atoms with Crippen LogP contribution in [0.5, 0.6) is 0 Å². The van der Waals surface area contributed by atoms with Crippen LogP contribution < -0.4 is 4.90 Å². The minimum absolute atomic E-state index is 0.0875. The summed E-state index contributed by atoms with van der Waals surface area (Å²) in [6.45, 7) is 2.96. The summed E-state index contributed by atoms with van der Waals surface area (Å²) in [5.41, 5.74) is 0. The van der Waals surface area contributed by atoms with Crippen molar-refractivity contribution in [2.45, 2.75) is 19.9 Å². The van der Waals surface area contributed by atoms with Crippen LogP contribution in [0.15, 0.2) is 12.3 Å². The molecule has 0 saturated carbocycles. The molecule has 1 fully saturated rings. The van der Waals surface area contributed by atoms with Crippen molar-refractivity contribution in [1.29, 1.82) is 0 Å². The third-order valence-electron chi connectivity index (χ3n) is 2.91. The summed E-state index contributed by atoms with van der Waals surface area (Å²) in [6.07, 6.45) is 1.83. The number of carbonyl (C=O) groups is 1. The molecule has 8 heteroatoms. The summed E-state index contributed by atoms with van der Waals surface area (Å²) in [5, 5.41) is 4.09. The number of halogens is 1. The Morgan fingerprint density at radius 3 is 2.89 bits per heavy atom. The predicted octanol–water partition coefficient (Wildman–Crippen LogP) is 0.825. The number of rotatable bonds is 4. The van der Waals surface area contributed by atoms with E-state index >= 15 is 0 Å². The van der Waals surface area contributed by atoms with E-state index in [1.807, 2.05) is 6.92 Å². The lowest BCUT2D eigenvalue weighted by Gasteiger charge is -2.17. The number of carbonyl (C=O) groups excluding carboxylic acids is 1. The maximum absolute atomic E-state index is 11.9. The van der Waals surface area contributed by atoms with Gasteiger partial charge in [0.05, 0.1) is 11.9 Å². The van der Waals surface area contributed by atoms with Gasteiger partial charge in [-0.2, -0.15) is 5.10 Å². The topological polar surface area (TPSA) is 72.3 Å². The van der Waals surface area contributed by atoms with Crippen molar-refractivity contribution in [1.82, 2.24) is 9.78 Å². The quantitative estimate of drug-likeness (QED) is 0.770. The van der Waals surface area contributed by atoms with Gasteiger partial charge in [0.15, 0.2) is 0 Å². The van der Waals surface area contributed by atoms with E-state index in [-0.39, 0.29) is 24.0 Å². The monoisotopic (exact) mass is 291 g/mol. The molecule has 2 heterocycles. The molecule has 100 valence electrons. The van der Waals surface area contributed by atoms with Crippen LogP contribution in [0.2, 0.25) is 0 Å². The van der Waals surface area contributed by atoms with E-state index in [4.69, 9.17) is 10.7 Å². The van der Waals surface area contributed by atoms with Crippen LogP contribution in [0.25, 0.3) is 0 Å². The largest absolute Gasteiger partial charge is 0.297 e. The van der Waals surface area contributed by atoms with Crippen LogP contribution in [-0.2, 0) is 20.4 Å². The van der Waals surface area contributed by atoms with E-state index in [9.17, 15) is 13.2 Å². The standard InChI is InChI=1S/C10H14ClN3O3S/c1-2-14-9(3-4-12-14)13-6-8(5-10(13)15)7-18(11,16)17/h3-4,8H,2,5-7H2,1H3. The van der Waals surface area contributed by atoms with E-state index in [2.05, 4.69) is 5.10 Å². The lowest BCUT2D eigenvalue weighted by atomic mass is 10.1. The Labute approximate surface area is 110 Å². The van der Waals surface area contributed by atoms with Crippen molar-refractivity contribution in [2.24, 2.45) is 5.92 Å². The second kappa shape index (κ2) is 4.89. The van der Waals surface area contributed by atoms with Gasteiger partial charge in [-0.15, -0.1) is 0 Å². The fourth-order valence-electron chi connectivity index (χ4n) is 2.19. The number of anilines is 1. The minimum atomic E-state index is -3.57. The molecule has 0 radical (unpaired) electrons. The van der Waals surface area contributed by atoms with Gasteiger partial charge < -0.3 is 0 Å². The van der Waals surface area contributed by atoms with Crippen LogP contribution >= 0.6 is 10.7 Å². The van der Waals surface area contributed by atoms with Gasteiger partial charge in [-0.05, 0) is 6.92 Å². The summed E-state index contributed by atoms with van der Waals surface area (Å²) < 4.78 is 23.8. The van der Waals surface area contributed by atoms with Crippen LogP contribution in [0.3, 0.4) is 0 Å². The number of aryl methyl sites for hydroxylation is 1. The molecule has 0 aromatic carbocycles. The highest BCUT2D eigenvalue weighted by Crippen LogP contribution is 2.26. The number of hydrogen-bond acceptors (Lipinski definition) is 4. The molecule has 1 aromatic heterocycles. The Hall–Kier alpha value is -1.08. The van der Waals surface area contributed by atoms with Crippen LogP contribution in [0, 0.1) is 5.92 Å². The van der Waals surface area contributed by atoms with Gasteiger partial charge in [0.1, 0.15) is 5.82 Å². The predicted molar refractivity (Wildman–Crippen MR) is 68.0 cm³/mol. The van der Waals surface area contributed by atoms with Gasteiger partial charge in [0, 0.05) is 42.2 Å². The number of aromatic nitrogens is 2. The molecule has 1 aliphatic heterocycles. The maximum atomic E-state index is 11.9. The van der Waals surface area contributed by atoms with Gasteiger partial charge >= 0.3 is 0 Å². The maximum Gasteiger partial charge on any atom is 0.232 e. The lowest BCUT2D eigenvalue weighted by molar-refractivity contribution is -0.117. The van der Waals surface area contributed by atoms with Crippen molar-refractivity contribution >= 4 is 31.5 Å². The van der Waals surface area contributed by atoms with E-state index in [1.165, 1.54) is 0 Å². The average Bonchev–Trinajstić information content (AvgIpc) is 2.81. The molecule has 6 nitrogen and oxygen atoms in total. The van der Waals surface area contributed by atoms with Gasteiger partial charge in [0.25, 0.3) is 0 Å². The van der Waals surface area contributed by atoms with Crippen molar-refractivity contribution in [2.75, 3.05) is 17.2 Å². The van der Waals surface area contributed by atoms with Crippen molar-refractivity contribution in [3.8, 4) is 0 Å². The summed E-state index contributed by atoms with van der Waals surface area (Å²) in [6, 6.07) is 1.75. The first kappa shape index (κ1) is 13.4. The first-order valence-corrected chi connectivity index (χ1v) is 8.13. The highest BCUT2D eigenvalue weighted by atomic mass is 35.7. The molecule has 0 N–H and O–H groups in total. The highest BCUT2D eigenvalue weighted by molar-refractivity contribution is 8.13. The van der Waals surface area contributed by atoms with E-state index in [0.29, 0.717) is 18.9 Å². The second-order valence-electron chi connectivity index (χ2n) is 4.29. The fraction of sp³-hybridized carbons (Fsp3) is 0.600. The van der Waals surface area contributed by atoms with Crippen LogP contribution in [0.1, 0.15) is 13.3 Å². The zero-order chi connectivity index (χ0) is 13.3. The normalized spacial score (nSPS) is 20.7. The van der Waals surface area contributed by atoms with Gasteiger partial charge in [0.2, 0.25) is 15.0 Å². The van der Waals surface area contributed by atoms with Gasteiger partial charge in [-0.1, -0.05) is 0 Å². The van der Waals surface area contributed by atoms with E-state index < -0.39 is 9.05 Å². The molecule has 18 heavy (non-hydrogen) atoms. The highest BCUT2D eigenvalue weighted by Gasteiger charge is 2.34. The Kier molecular flexibility index (Phi) is 3.63. The van der Waals surface area contributed by atoms with Crippen molar-refractivity contribution in [3.05, 3.63) is 12.3 Å². The summed E-state index contributed by atoms with van der Waals surface area (Å²) in [5.74, 6) is 0.199. The number of nitrogens with zero attached hydrogens (tertiary/aromatic N) is 3. The number of amides is 1. The molecule has 1 saturated heterocycles. The Morgan fingerprint density at radius 2 is 2.28 bits per heavy atom. The first-order chi connectivity index (χ1) is 8.40. The zero-order valence-corrected chi connectivity index (χ0v) is 11.5. The molecule has 1 aromatic rings. The molecule has 1 amide bonds. The molecular formula is C10H14ClN3O3S. The molecule has 0 aliphatic carbocycles. The first-order valence-electron chi connectivity index (χ1n) is 5.65. The molecule has 0 bridgehead atoms. The molecule has 1 unspecified atom stereocenters. The third kappa shape index (κ3) is 2.84. The fourth-order valence-corrected chi connectivity index (χ4v) is 3.52. The molecule has 1 aliphatic rings. The lowest BCUT2D eigenvalue weighted by Crippen LogP contribution is -2.27. The van der Waals surface area contributed by atoms with Crippen molar-refractivity contribution < 1.29 is 13.2 Å². The zero-order valence-electron chi connectivity index (χ0n) is 9.91. The van der Waals surface area contributed by atoms with E-state index in [1.54, 1.807) is 21.8 Å². The van der Waals surface area contributed by atoms with Gasteiger partial charge in [-0.3, -0.25) is 9.69 Å². The molecular weight excluding hydrogens is 278 g/mol. The van der Waals surface area contributed by atoms with E-state index in [0.717, 1.165) is 0 Å². The average molecular weight is 292 g/mol. The Balaban J connectivity index is 2.15. The third-order valence-corrected chi connectivity index (χ3v) is 4.16. The minimum Gasteiger partial charge on any atom is -0.297 e. The Morgan fingerprint density at radius 1 is 1.56 bits per heavy atom. The van der Waals surface area contributed by atoms with Crippen LogP contribution in [-0.4, -0.2) is 36.4 Å². The summed E-state index contributed by atoms with van der Waals surface area (Å²) >= 11 is 0. The summed E-state index contributed by atoms with van der Waals surface area (Å²) in [7, 11) is 1.65. The molecule has 0 spiro atoms. The van der Waals surface area contributed by atoms with Gasteiger partial charge in [-0.25, -0.2) is 13.1 Å². The van der Waals surface area contributed by atoms with Crippen molar-refractivity contribution in [3.63, 3.8) is 0 Å².